The maximum Gasteiger partial charge on any atom is 0.573 e. The van der Waals surface area contributed by atoms with Gasteiger partial charge in [0.25, 0.3) is 0 Å². The van der Waals surface area contributed by atoms with E-state index in [1.165, 1.54) is 0 Å². The summed E-state index contributed by atoms with van der Waals surface area (Å²) in [6, 6.07) is 1.65. The second kappa shape index (κ2) is 5.22. The number of nitrogens with zero attached hydrogens (tertiary/aromatic N) is 1. The molecule has 0 bridgehead atoms. The van der Waals surface area contributed by atoms with Crippen molar-refractivity contribution in [2.24, 2.45) is 0 Å². The van der Waals surface area contributed by atoms with Gasteiger partial charge in [0.1, 0.15) is 10.9 Å². The summed E-state index contributed by atoms with van der Waals surface area (Å²) in [5, 5.41) is -0.296. The number of esters is 1. The van der Waals surface area contributed by atoms with Crippen LogP contribution in [0.2, 0.25) is 5.15 Å². The third-order valence-electron chi connectivity index (χ3n) is 1.49. The number of carbonyl (C=O) groups is 1. The van der Waals surface area contributed by atoms with E-state index in [-0.39, 0.29) is 17.5 Å². The maximum atomic E-state index is 12.0. The lowest BCUT2D eigenvalue weighted by Gasteiger charge is -2.09. The number of rotatable bonds is 3. The molecular formula is C9H7ClF3NO3. The molecule has 1 aromatic heterocycles. The predicted molar refractivity (Wildman–Crippen MR) is 51.9 cm³/mol. The molecule has 0 aliphatic heterocycles. The minimum atomic E-state index is -4.86. The third-order valence-corrected chi connectivity index (χ3v) is 1.68. The SMILES string of the molecule is CCOC(=O)c1cc(OC(F)(F)F)cc(Cl)n1. The summed E-state index contributed by atoms with van der Waals surface area (Å²) in [4.78, 5) is 14.8. The lowest BCUT2D eigenvalue weighted by atomic mass is 10.3. The molecule has 0 aliphatic rings. The Morgan fingerprint density at radius 1 is 1.47 bits per heavy atom. The molecule has 1 aromatic rings. The Balaban J connectivity index is 2.98. The van der Waals surface area contributed by atoms with Gasteiger partial charge in [0.15, 0.2) is 5.69 Å². The van der Waals surface area contributed by atoms with Crippen molar-refractivity contribution in [3.8, 4) is 5.75 Å². The predicted octanol–water partition coefficient (Wildman–Crippen LogP) is 2.81. The van der Waals surface area contributed by atoms with Crippen LogP contribution in [0, 0.1) is 0 Å². The Kier molecular flexibility index (Phi) is 4.17. The summed E-state index contributed by atoms with van der Waals surface area (Å²) in [5.74, 6) is -1.50. The van der Waals surface area contributed by atoms with Crippen LogP contribution in [0.5, 0.6) is 5.75 Å². The number of ether oxygens (including phenoxy) is 2. The fourth-order valence-electron chi connectivity index (χ4n) is 0.976. The number of hydrogen-bond acceptors (Lipinski definition) is 4. The van der Waals surface area contributed by atoms with Crippen molar-refractivity contribution in [3.05, 3.63) is 23.0 Å². The summed E-state index contributed by atoms with van der Waals surface area (Å²) in [5.41, 5.74) is -0.349. The zero-order valence-corrected chi connectivity index (χ0v) is 9.30. The minimum Gasteiger partial charge on any atom is -0.461 e. The first-order valence-electron chi connectivity index (χ1n) is 4.42. The number of carbonyl (C=O) groups excluding carboxylic acids is 1. The standard InChI is InChI=1S/C9H7ClF3NO3/c1-2-16-8(15)6-3-5(4-7(10)14-6)17-9(11,12)13/h3-4H,2H2,1H3. The van der Waals surface area contributed by atoms with Crippen LogP contribution < -0.4 is 4.74 Å². The highest BCUT2D eigenvalue weighted by Crippen LogP contribution is 2.25. The number of aromatic nitrogens is 1. The molecule has 17 heavy (non-hydrogen) atoms. The molecule has 0 aliphatic carbocycles. The van der Waals surface area contributed by atoms with Crippen molar-refractivity contribution >= 4 is 17.6 Å². The van der Waals surface area contributed by atoms with Crippen LogP contribution in [0.25, 0.3) is 0 Å². The Hall–Kier alpha value is -1.50. The molecule has 0 spiro atoms. The van der Waals surface area contributed by atoms with Gasteiger partial charge in [-0.1, -0.05) is 11.6 Å². The normalized spacial score (nSPS) is 11.1. The molecule has 0 saturated carbocycles. The van der Waals surface area contributed by atoms with Gasteiger partial charge in [0.2, 0.25) is 0 Å². The molecule has 0 N–H and O–H groups in total. The van der Waals surface area contributed by atoms with E-state index in [1.54, 1.807) is 6.92 Å². The second-order valence-corrected chi connectivity index (χ2v) is 3.17. The molecule has 1 rings (SSSR count). The van der Waals surface area contributed by atoms with Crippen LogP contribution in [0.1, 0.15) is 17.4 Å². The molecule has 4 nitrogen and oxygen atoms in total. The zero-order chi connectivity index (χ0) is 13.1. The van der Waals surface area contributed by atoms with E-state index in [1.807, 2.05) is 0 Å². The van der Waals surface area contributed by atoms with Gasteiger partial charge in [-0.25, -0.2) is 9.78 Å². The summed E-state index contributed by atoms with van der Waals surface area (Å²) in [7, 11) is 0. The summed E-state index contributed by atoms with van der Waals surface area (Å²) < 4.78 is 44.0. The molecule has 8 heteroatoms. The van der Waals surface area contributed by atoms with Crippen molar-refractivity contribution in [1.82, 2.24) is 4.98 Å². The first-order valence-corrected chi connectivity index (χ1v) is 4.80. The van der Waals surface area contributed by atoms with Crippen molar-refractivity contribution in [2.45, 2.75) is 13.3 Å². The van der Waals surface area contributed by atoms with Crippen molar-refractivity contribution in [3.63, 3.8) is 0 Å². The van der Waals surface area contributed by atoms with Crippen LogP contribution in [-0.4, -0.2) is 23.9 Å². The van der Waals surface area contributed by atoms with Gasteiger partial charge in [-0.05, 0) is 6.92 Å². The molecular weight excluding hydrogens is 263 g/mol. The van der Waals surface area contributed by atoms with E-state index >= 15 is 0 Å². The lowest BCUT2D eigenvalue weighted by molar-refractivity contribution is -0.274. The fourth-order valence-corrected chi connectivity index (χ4v) is 1.17. The van der Waals surface area contributed by atoms with Crippen molar-refractivity contribution in [2.75, 3.05) is 6.61 Å². The molecule has 1 heterocycles. The van der Waals surface area contributed by atoms with Crippen molar-refractivity contribution < 1.29 is 27.4 Å². The zero-order valence-electron chi connectivity index (χ0n) is 8.55. The lowest BCUT2D eigenvalue weighted by Crippen LogP contribution is -2.18. The Morgan fingerprint density at radius 2 is 2.12 bits per heavy atom. The molecule has 0 amide bonds. The van der Waals surface area contributed by atoms with Gasteiger partial charge < -0.3 is 9.47 Å². The molecule has 0 radical (unpaired) electrons. The Labute approximate surface area is 99.3 Å². The molecule has 94 valence electrons. The maximum absolute atomic E-state index is 12.0. The smallest absolute Gasteiger partial charge is 0.461 e. The first kappa shape index (κ1) is 13.6. The molecule has 0 atom stereocenters. The van der Waals surface area contributed by atoms with E-state index in [9.17, 15) is 18.0 Å². The van der Waals surface area contributed by atoms with Gasteiger partial charge >= 0.3 is 12.3 Å². The van der Waals surface area contributed by atoms with E-state index in [2.05, 4.69) is 14.5 Å². The van der Waals surface area contributed by atoms with Crippen LogP contribution in [0.4, 0.5) is 13.2 Å². The highest BCUT2D eigenvalue weighted by atomic mass is 35.5. The minimum absolute atomic E-state index is 0.0719. The topological polar surface area (TPSA) is 48.4 Å². The molecule has 0 aromatic carbocycles. The van der Waals surface area contributed by atoms with Crippen LogP contribution in [0.3, 0.4) is 0 Å². The van der Waals surface area contributed by atoms with E-state index in [0.29, 0.717) is 0 Å². The van der Waals surface area contributed by atoms with Gasteiger partial charge in [0.05, 0.1) is 6.61 Å². The average molecular weight is 270 g/mol. The molecule has 0 fully saturated rings. The number of hydrogen-bond donors (Lipinski definition) is 0. The van der Waals surface area contributed by atoms with Gasteiger partial charge in [0, 0.05) is 12.1 Å². The van der Waals surface area contributed by atoms with Gasteiger partial charge in [-0.15, -0.1) is 13.2 Å². The summed E-state index contributed by atoms with van der Waals surface area (Å²) in [6.45, 7) is 1.62. The largest absolute Gasteiger partial charge is 0.573 e. The number of halogens is 4. The highest BCUT2D eigenvalue weighted by Gasteiger charge is 2.31. The van der Waals surface area contributed by atoms with Gasteiger partial charge in [-0.3, -0.25) is 0 Å². The molecule has 0 unspecified atom stereocenters. The van der Waals surface area contributed by atoms with Gasteiger partial charge in [-0.2, -0.15) is 0 Å². The average Bonchev–Trinajstić information content (AvgIpc) is 2.14. The molecule has 0 saturated heterocycles. The van der Waals surface area contributed by atoms with E-state index < -0.39 is 18.1 Å². The van der Waals surface area contributed by atoms with Crippen LogP contribution in [-0.2, 0) is 4.74 Å². The second-order valence-electron chi connectivity index (χ2n) is 2.78. The number of alkyl halides is 3. The van der Waals surface area contributed by atoms with Crippen LogP contribution in [0.15, 0.2) is 12.1 Å². The highest BCUT2D eigenvalue weighted by molar-refractivity contribution is 6.29. The summed E-state index contributed by atoms with van der Waals surface area (Å²) >= 11 is 5.46. The third kappa shape index (κ3) is 4.48. The van der Waals surface area contributed by atoms with Crippen LogP contribution >= 0.6 is 11.6 Å². The van der Waals surface area contributed by atoms with E-state index in [4.69, 9.17) is 11.6 Å². The fraction of sp³-hybridized carbons (Fsp3) is 0.333. The van der Waals surface area contributed by atoms with E-state index in [0.717, 1.165) is 12.1 Å². The first-order chi connectivity index (χ1) is 7.81. The number of pyridine rings is 1. The monoisotopic (exact) mass is 269 g/mol. The summed E-state index contributed by atoms with van der Waals surface area (Å²) in [6.07, 6.45) is -4.86. The van der Waals surface area contributed by atoms with Crippen molar-refractivity contribution in [1.29, 1.82) is 0 Å². The Morgan fingerprint density at radius 3 is 2.65 bits per heavy atom. The Bertz CT molecular complexity index is 422. The quantitative estimate of drug-likeness (QED) is 0.625.